The monoisotopic (exact) mass is 301 g/mol. The van der Waals surface area contributed by atoms with Gasteiger partial charge >= 0.3 is 5.97 Å². The number of carbonyl (C=O) groups excluding carboxylic acids is 1. The largest absolute Gasteiger partial charge is 0.481 e. The van der Waals surface area contributed by atoms with E-state index in [0.717, 1.165) is 36.9 Å². The first-order chi connectivity index (χ1) is 10.5. The van der Waals surface area contributed by atoms with Crippen LogP contribution in [-0.2, 0) is 9.59 Å². The quantitative estimate of drug-likeness (QED) is 0.899. The number of hydrogen-bond acceptors (Lipinski definition) is 2. The molecule has 1 aromatic rings. The Hall–Kier alpha value is -1.84. The highest BCUT2D eigenvalue weighted by molar-refractivity contribution is 5.95. The van der Waals surface area contributed by atoms with Gasteiger partial charge in [-0.2, -0.15) is 0 Å². The number of fused-ring (bicyclic) bond motifs is 3. The molecule has 0 radical (unpaired) electrons. The van der Waals surface area contributed by atoms with Gasteiger partial charge in [0.1, 0.15) is 0 Å². The number of hydrogen-bond donors (Lipinski definition) is 2. The summed E-state index contributed by atoms with van der Waals surface area (Å²) in [7, 11) is 0. The molecule has 0 aliphatic heterocycles. The highest BCUT2D eigenvalue weighted by atomic mass is 16.4. The van der Waals surface area contributed by atoms with Crippen LogP contribution in [0.5, 0.6) is 0 Å². The number of anilines is 1. The van der Waals surface area contributed by atoms with Crippen LogP contribution in [0.15, 0.2) is 18.2 Å². The Morgan fingerprint density at radius 2 is 1.59 bits per heavy atom. The molecule has 3 aliphatic carbocycles. The van der Waals surface area contributed by atoms with E-state index in [1.807, 2.05) is 32.0 Å². The van der Waals surface area contributed by atoms with Gasteiger partial charge in [-0.25, -0.2) is 0 Å². The SMILES string of the molecule is Cc1ccc(NC(=O)[C@@H]2C3CCC(CC3)[C@H]2C(=O)O)cc1C. The van der Waals surface area contributed by atoms with E-state index in [4.69, 9.17) is 0 Å². The molecule has 4 heteroatoms. The molecule has 1 amide bonds. The van der Waals surface area contributed by atoms with Crippen molar-refractivity contribution in [2.45, 2.75) is 39.5 Å². The molecular weight excluding hydrogens is 278 g/mol. The minimum atomic E-state index is -0.811. The van der Waals surface area contributed by atoms with Crippen molar-refractivity contribution in [3.63, 3.8) is 0 Å². The molecule has 3 saturated carbocycles. The number of aryl methyl sites for hydroxylation is 2. The minimum absolute atomic E-state index is 0.120. The zero-order chi connectivity index (χ0) is 15.9. The van der Waals surface area contributed by atoms with E-state index in [-0.39, 0.29) is 23.7 Å². The lowest BCUT2D eigenvalue weighted by atomic mass is 9.58. The van der Waals surface area contributed by atoms with Crippen molar-refractivity contribution < 1.29 is 14.7 Å². The molecule has 2 bridgehead atoms. The number of benzene rings is 1. The number of amides is 1. The third kappa shape index (κ3) is 2.62. The lowest BCUT2D eigenvalue weighted by Gasteiger charge is -2.45. The van der Waals surface area contributed by atoms with Crippen molar-refractivity contribution in [2.24, 2.45) is 23.7 Å². The van der Waals surface area contributed by atoms with Crippen LogP contribution in [0.4, 0.5) is 5.69 Å². The Kier molecular flexibility index (Phi) is 3.94. The van der Waals surface area contributed by atoms with E-state index in [2.05, 4.69) is 5.32 Å². The van der Waals surface area contributed by atoms with Crippen LogP contribution in [0.25, 0.3) is 0 Å². The van der Waals surface area contributed by atoms with Crippen molar-refractivity contribution in [3.05, 3.63) is 29.3 Å². The van der Waals surface area contributed by atoms with E-state index in [0.29, 0.717) is 0 Å². The number of aliphatic carboxylic acids is 1. The third-order valence-corrected chi connectivity index (χ3v) is 5.58. The normalized spacial score (nSPS) is 30.1. The summed E-state index contributed by atoms with van der Waals surface area (Å²) in [5.41, 5.74) is 3.06. The van der Waals surface area contributed by atoms with E-state index in [1.165, 1.54) is 5.56 Å². The highest BCUT2D eigenvalue weighted by Gasteiger charge is 2.50. The van der Waals surface area contributed by atoms with Crippen LogP contribution < -0.4 is 5.32 Å². The average Bonchev–Trinajstić information content (AvgIpc) is 2.51. The zero-order valence-corrected chi connectivity index (χ0v) is 13.1. The molecule has 118 valence electrons. The maximum Gasteiger partial charge on any atom is 0.307 e. The first kappa shape index (κ1) is 15.1. The molecule has 0 aromatic heterocycles. The second kappa shape index (κ2) is 5.75. The van der Waals surface area contributed by atoms with Gasteiger partial charge in [0.25, 0.3) is 0 Å². The Morgan fingerprint density at radius 1 is 1.00 bits per heavy atom. The van der Waals surface area contributed by atoms with E-state index in [9.17, 15) is 14.7 Å². The van der Waals surface area contributed by atoms with Crippen molar-refractivity contribution in [1.82, 2.24) is 0 Å². The summed E-state index contributed by atoms with van der Waals surface area (Å²) in [6.07, 6.45) is 3.88. The summed E-state index contributed by atoms with van der Waals surface area (Å²) in [5.74, 6) is -1.44. The van der Waals surface area contributed by atoms with Gasteiger partial charge in [0, 0.05) is 5.69 Å². The van der Waals surface area contributed by atoms with Gasteiger partial charge in [-0.3, -0.25) is 9.59 Å². The second-order valence-corrected chi connectivity index (χ2v) is 6.85. The minimum Gasteiger partial charge on any atom is -0.481 e. The van der Waals surface area contributed by atoms with Gasteiger partial charge in [0.2, 0.25) is 5.91 Å². The fourth-order valence-corrected chi connectivity index (χ4v) is 4.23. The van der Waals surface area contributed by atoms with Gasteiger partial charge in [0.15, 0.2) is 0 Å². The van der Waals surface area contributed by atoms with Crippen molar-refractivity contribution in [3.8, 4) is 0 Å². The van der Waals surface area contributed by atoms with Crippen LogP contribution in [-0.4, -0.2) is 17.0 Å². The van der Waals surface area contributed by atoms with Crippen LogP contribution in [0.1, 0.15) is 36.8 Å². The molecule has 0 spiro atoms. The average molecular weight is 301 g/mol. The number of nitrogens with one attached hydrogen (secondary N) is 1. The van der Waals surface area contributed by atoms with Crippen LogP contribution in [0.2, 0.25) is 0 Å². The highest BCUT2D eigenvalue weighted by Crippen LogP contribution is 2.49. The predicted molar refractivity (Wildman–Crippen MR) is 84.6 cm³/mol. The summed E-state index contributed by atoms with van der Waals surface area (Å²) in [6.45, 7) is 4.04. The van der Waals surface area contributed by atoms with Crippen LogP contribution in [0.3, 0.4) is 0 Å². The Labute approximate surface area is 130 Å². The molecule has 4 rings (SSSR count). The summed E-state index contributed by atoms with van der Waals surface area (Å²) in [4.78, 5) is 24.3. The molecule has 22 heavy (non-hydrogen) atoms. The number of carboxylic acid groups (broad SMARTS) is 1. The second-order valence-electron chi connectivity index (χ2n) is 6.85. The molecule has 0 saturated heterocycles. The molecule has 2 N–H and O–H groups in total. The summed E-state index contributed by atoms with van der Waals surface area (Å²) < 4.78 is 0. The van der Waals surface area contributed by atoms with E-state index in [1.54, 1.807) is 0 Å². The lowest BCUT2D eigenvalue weighted by Crippen LogP contribution is -2.49. The van der Waals surface area contributed by atoms with Crippen molar-refractivity contribution in [1.29, 1.82) is 0 Å². The topological polar surface area (TPSA) is 66.4 Å². The Bertz CT molecular complexity index is 602. The van der Waals surface area contributed by atoms with Gasteiger partial charge in [-0.15, -0.1) is 0 Å². The predicted octanol–water partition coefficient (Wildman–Crippen LogP) is 3.38. The number of carboxylic acids is 1. The smallest absolute Gasteiger partial charge is 0.307 e. The summed E-state index contributed by atoms with van der Waals surface area (Å²) >= 11 is 0. The standard InChI is InChI=1S/C18H23NO3/c1-10-3-8-14(9-11(10)2)19-17(20)15-12-4-6-13(7-5-12)16(15)18(21)22/h3,8-9,12-13,15-16H,4-7H2,1-2H3,(H,19,20)(H,21,22)/t12?,13?,15-,16-/m1/s1. The van der Waals surface area contributed by atoms with Gasteiger partial charge in [-0.05, 0) is 74.6 Å². The molecule has 3 aliphatic rings. The summed E-state index contributed by atoms with van der Waals surface area (Å²) in [5, 5.41) is 12.5. The Morgan fingerprint density at radius 3 is 2.14 bits per heavy atom. The van der Waals surface area contributed by atoms with Crippen LogP contribution in [0, 0.1) is 37.5 Å². The fraction of sp³-hybridized carbons (Fsp3) is 0.556. The first-order valence-electron chi connectivity index (χ1n) is 8.08. The van der Waals surface area contributed by atoms with Gasteiger partial charge in [0.05, 0.1) is 11.8 Å². The zero-order valence-electron chi connectivity index (χ0n) is 13.1. The van der Waals surface area contributed by atoms with Gasteiger partial charge in [-0.1, -0.05) is 6.07 Å². The number of carbonyl (C=O) groups is 2. The summed E-state index contributed by atoms with van der Waals surface area (Å²) in [6, 6.07) is 5.81. The van der Waals surface area contributed by atoms with Crippen LogP contribution >= 0.6 is 0 Å². The van der Waals surface area contributed by atoms with E-state index < -0.39 is 11.9 Å². The maximum atomic E-state index is 12.7. The molecule has 1 aromatic carbocycles. The third-order valence-electron chi connectivity index (χ3n) is 5.58. The van der Waals surface area contributed by atoms with Gasteiger partial charge < -0.3 is 10.4 Å². The maximum absolute atomic E-state index is 12.7. The molecule has 0 heterocycles. The molecule has 0 unspecified atom stereocenters. The Balaban J connectivity index is 1.80. The molecule has 2 atom stereocenters. The first-order valence-corrected chi connectivity index (χ1v) is 8.08. The molecule has 3 fully saturated rings. The van der Waals surface area contributed by atoms with Crippen molar-refractivity contribution in [2.75, 3.05) is 5.32 Å². The lowest BCUT2D eigenvalue weighted by molar-refractivity contribution is -0.156. The molecular formula is C18H23NO3. The van der Waals surface area contributed by atoms with Crippen molar-refractivity contribution >= 4 is 17.6 Å². The van der Waals surface area contributed by atoms with E-state index >= 15 is 0 Å². The fourth-order valence-electron chi connectivity index (χ4n) is 4.23. The number of rotatable bonds is 3. The molecule has 4 nitrogen and oxygen atoms in total.